The molecule has 20 heavy (non-hydrogen) atoms. The monoisotopic (exact) mass is 386 g/mol. The second-order valence-electron chi connectivity index (χ2n) is 4.19. The SMILES string of the molecule is Clc1ccc2c(c1Cl)Oc1c(Cl)c(Cl)c(Cl)c(Cl)c1C2. The van der Waals surface area contributed by atoms with Crippen LogP contribution in [0.3, 0.4) is 0 Å². The second-order valence-corrected chi connectivity index (χ2v) is 6.49. The van der Waals surface area contributed by atoms with Crippen LogP contribution < -0.4 is 4.74 Å². The van der Waals surface area contributed by atoms with Gasteiger partial charge in [0.05, 0.1) is 20.1 Å². The number of hydrogen-bond donors (Lipinski definition) is 0. The Hall–Kier alpha value is -0.0200. The summed E-state index contributed by atoms with van der Waals surface area (Å²) in [5.74, 6) is 0.825. The Morgan fingerprint density at radius 3 is 2.05 bits per heavy atom. The summed E-state index contributed by atoms with van der Waals surface area (Å²) >= 11 is 36.6. The molecular formula is C13H4Cl6O. The Morgan fingerprint density at radius 1 is 0.700 bits per heavy atom. The van der Waals surface area contributed by atoms with E-state index in [9.17, 15) is 0 Å². The van der Waals surface area contributed by atoms with Gasteiger partial charge in [-0.2, -0.15) is 0 Å². The first kappa shape index (κ1) is 14.9. The van der Waals surface area contributed by atoms with Crippen LogP contribution in [0.15, 0.2) is 12.1 Å². The lowest BCUT2D eigenvalue weighted by Crippen LogP contribution is -2.06. The smallest absolute Gasteiger partial charge is 0.152 e. The van der Waals surface area contributed by atoms with Crippen molar-refractivity contribution >= 4 is 69.6 Å². The molecule has 1 nitrogen and oxygen atoms in total. The van der Waals surface area contributed by atoms with Gasteiger partial charge in [0.25, 0.3) is 0 Å². The molecule has 1 heterocycles. The molecule has 0 saturated heterocycles. The van der Waals surface area contributed by atoms with Gasteiger partial charge in [-0.1, -0.05) is 75.7 Å². The third kappa shape index (κ3) is 2.16. The summed E-state index contributed by atoms with van der Waals surface area (Å²) < 4.78 is 5.76. The maximum absolute atomic E-state index is 6.21. The van der Waals surface area contributed by atoms with Crippen molar-refractivity contribution in [2.45, 2.75) is 6.42 Å². The predicted octanol–water partition coefficient (Wildman–Crippen LogP) is 7.30. The van der Waals surface area contributed by atoms with Crippen molar-refractivity contribution in [2.75, 3.05) is 0 Å². The molecular weight excluding hydrogens is 385 g/mol. The van der Waals surface area contributed by atoms with E-state index in [1.54, 1.807) is 6.07 Å². The molecule has 0 N–H and O–H groups in total. The summed E-state index contributed by atoms with van der Waals surface area (Å²) in [4.78, 5) is 0. The molecule has 0 bridgehead atoms. The number of benzene rings is 2. The molecule has 0 radical (unpaired) electrons. The number of fused-ring (bicyclic) bond motifs is 2. The molecule has 2 aromatic rings. The number of rotatable bonds is 0. The summed E-state index contributed by atoms with van der Waals surface area (Å²) in [5, 5.41) is 1.62. The van der Waals surface area contributed by atoms with Crippen LogP contribution in [0, 0.1) is 0 Å². The van der Waals surface area contributed by atoms with E-state index in [2.05, 4.69) is 0 Å². The van der Waals surface area contributed by atoms with Crippen molar-refractivity contribution in [3.05, 3.63) is 53.4 Å². The van der Waals surface area contributed by atoms with Crippen molar-refractivity contribution in [3.8, 4) is 11.5 Å². The molecule has 0 fully saturated rings. The van der Waals surface area contributed by atoms with Gasteiger partial charge < -0.3 is 4.74 Å². The molecule has 0 atom stereocenters. The highest BCUT2D eigenvalue weighted by Gasteiger charge is 2.28. The topological polar surface area (TPSA) is 9.23 Å². The highest BCUT2D eigenvalue weighted by molar-refractivity contribution is 6.52. The highest BCUT2D eigenvalue weighted by Crippen LogP contribution is 2.52. The lowest BCUT2D eigenvalue weighted by molar-refractivity contribution is 0.461. The van der Waals surface area contributed by atoms with E-state index in [4.69, 9.17) is 74.3 Å². The van der Waals surface area contributed by atoms with Gasteiger partial charge in [-0.15, -0.1) is 0 Å². The fourth-order valence-corrected chi connectivity index (χ4v) is 3.39. The van der Waals surface area contributed by atoms with E-state index >= 15 is 0 Å². The number of halogens is 6. The average molecular weight is 389 g/mol. The highest BCUT2D eigenvalue weighted by atomic mass is 35.5. The molecule has 7 heteroatoms. The minimum absolute atomic E-state index is 0.152. The third-order valence-corrected chi connectivity index (χ3v) is 5.63. The lowest BCUT2D eigenvalue weighted by atomic mass is 10.00. The summed E-state index contributed by atoms with van der Waals surface area (Å²) in [6.45, 7) is 0. The van der Waals surface area contributed by atoms with Crippen LogP contribution in [0.1, 0.15) is 11.1 Å². The van der Waals surface area contributed by atoms with Gasteiger partial charge in [0.15, 0.2) is 11.5 Å². The van der Waals surface area contributed by atoms with Gasteiger partial charge >= 0.3 is 0 Å². The molecule has 1 aliphatic rings. The van der Waals surface area contributed by atoms with Crippen molar-refractivity contribution in [1.29, 1.82) is 0 Å². The summed E-state index contributed by atoms with van der Waals surface area (Å²) in [6.07, 6.45) is 0.483. The van der Waals surface area contributed by atoms with Gasteiger partial charge in [0.2, 0.25) is 0 Å². The van der Waals surface area contributed by atoms with Gasteiger partial charge in [-0.05, 0) is 6.07 Å². The van der Waals surface area contributed by atoms with Crippen molar-refractivity contribution in [3.63, 3.8) is 0 Å². The minimum atomic E-state index is 0.152. The normalized spacial score (nSPS) is 12.7. The number of hydrogen-bond acceptors (Lipinski definition) is 1. The van der Waals surface area contributed by atoms with Crippen LogP contribution in [-0.4, -0.2) is 0 Å². The quantitative estimate of drug-likeness (QED) is 0.290. The van der Waals surface area contributed by atoms with Crippen LogP contribution in [0.25, 0.3) is 0 Å². The minimum Gasteiger partial charge on any atom is -0.453 e. The van der Waals surface area contributed by atoms with Gasteiger partial charge in [0.1, 0.15) is 10.0 Å². The van der Waals surface area contributed by atoms with E-state index < -0.39 is 0 Å². The molecule has 0 unspecified atom stereocenters. The van der Waals surface area contributed by atoms with Crippen LogP contribution in [0.4, 0.5) is 0 Å². The molecule has 0 spiro atoms. The standard InChI is InChI=1S/C13H4Cl6O/c14-6-2-1-4-3-5-7(15)9(17)10(18)11(19)13(5)20-12(4)8(6)16/h1-2H,3H2. The second kappa shape index (κ2) is 5.31. The molecule has 0 aliphatic carbocycles. The maximum Gasteiger partial charge on any atom is 0.152 e. The Bertz CT molecular complexity index is 741. The zero-order valence-corrected chi connectivity index (χ0v) is 14.1. The third-order valence-electron chi connectivity index (χ3n) is 3.02. The molecule has 1 aliphatic heterocycles. The van der Waals surface area contributed by atoms with E-state index in [1.807, 2.05) is 6.07 Å². The Labute approximate surface area is 145 Å². The Morgan fingerprint density at radius 2 is 1.35 bits per heavy atom. The maximum atomic E-state index is 6.21. The van der Waals surface area contributed by atoms with Crippen LogP contribution in [0.5, 0.6) is 11.5 Å². The van der Waals surface area contributed by atoms with Crippen molar-refractivity contribution < 1.29 is 4.74 Å². The molecule has 104 valence electrons. The van der Waals surface area contributed by atoms with E-state index in [1.165, 1.54) is 0 Å². The number of ether oxygens (including phenoxy) is 1. The van der Waals surface area contributed by atoms with E-state index in [-0.39, 0.29) is 15.1 Å². The molecule has 3 rings (SSSR count). The first-order valence-corrected chi connectivity index (χ1v) is 7.68. The largest absolute Gasteiger partial charge is 0.453 e. The van der Waals surface area contributed by atoms with Gasteiger partial charge in [-0.3, -0.25) is 0 Å². The average Bonchev–Trinajstić information content (AvgIpc) is 2.45. The van der Waals surface area contributed by atoms with Crippen molar-refractivity contribution in [1.82, 2.24) is 0 Å². The van der Waals surface area contributed by atoms with Gasteiger partial charge in [-0.25, -0.2) is 0 Å². The summed E-state index contributed by atoms with van der Waals surface area (Å²) in [5.41, 5.74) is 1.53. The first-order chi connectivity index (χ1) is 9.41. The van der Waals surface area contributed by atoms with Crippen molar-refractivity contribution in [2.24, 2.45) is 0 Å². The Balaban J connectivity index is 2.26. The van der Waals surface area contributed by atoms with Crippen LogP contribution in [0.2, 0.25) is 30.1 Å². The van der Waals surface area contributed by atoms with E-state index in [0.717, 1.165) is 5.56 Å². The molecule has 0 amide bonds. The zero-order chi connectivity index (χ0) is 14.6. The lowest BCUT2D eigenvalue weighted by Gasteiger charge is -2.24. The first-order valence-electron chi connectivity index (χ1n) is 5.41. The van der Waals surface area contributed by atoms with Crippen LogP contribution >= 0.6 is 69.6 Å². The molecule has 0 saturated carbocycles. The zero-order valence-electron chi connectivity index (χ0n) is 9.54. The fraction of sp³-hybridized carbons (Fsp3) is 0.0769. The Kier molecular flexibility index (Phi) is 3.96. The van der Waals surface area contributed by atoms with E-state index in [0.29, 0.717) is 38.6 Å². The summed E-state index contributed by atoms with van der Waals surface area (Å²) in [7, 11) is 0. The van der Waals surface area contributed by atoms with Crippen LogP contribution in [-0.2, 0) is 6.42 Å². The molecule has 0 aromatic heterocycles. The summed E-state index contributed by atoms with van der Waals surface area (Å²) in [6, 6.07) is 3.52. The van der Waals surface area contributed by atoms with Gasteiger partial charge in [0, 0.05) is 17.5 Å². The molecule has 2 aromatic carbocycles. The predicted molar refractivity (Wildman–Crippen MR) is 85.8 cm³/mol. The fourth-order valence-electron chi connectivity index (χ4n) is 2.04.